The number of amides is 1. The van der Waals surface area contributed by atoms with Crippen LogP contribution in [-0.2, 0) is 4.79 Å². The zero-order valence-corrected chi connectivity index (χ0v) is 15.1. The Labute approximate surface area is 155 Å². The van der Waals surface area contributed by atoms with E-state index < -0.39 is 0 Å². The molecule has 0 saturated carbocycles. The van der Waals surface area contributed by atoms with Gasteiger partial charge in [-0.2, -0.15) is 0 Å². The first-order chi connectivity index (χ1) is 12.8. The van der Waals surface area contributed by atoms with Crippen molar-refractivity contribution in [3.05, 3.63) is 60.3 Å². The van der Waals surface area contributed by atoms with Crippen LogP contribution in [0.25, 0.3) is 0 Å². The number of pyridine rings is 1. The van der Waals surface area contributed by atoms with Crippen LogP contribution in [0.4, 0.5) is 5.82 Å². The topological polar surface area (TPSA) is 39.7 Å². The second kappa shape index (κ2) is 7.87. The predicted octanol–water partition coefficient (Wildman–Crippen LogP) is 2.57. The molecule has 2 aliphatic heterocycles. The predicted molar refractivity (Wildman–Crippen MR) is 103 cm³/mol. The molecule has 0 aliphatic carbocycles. The summed E-state index contributed by atoms with van der Waals surface area (Å²) in [6.07, 6.45) is 4.13. The zero-order valence-electron chi connectivity index (χ0n) is 15.1. The molecule has 5 heteroatoms. The van der Waals surface area contributed by atoms with Gasteiger partial charge >= 0.3 is 0 Å². The van der Waals surface area contributed by atoms with E-state index in [9.17, 15) is 4.79 Å². The van der Waals surface area contributed by atoms with Crippen molar-refractivity contribution in [3.63, 3.8) is 0 Å². The average Bonchev–Trinajstić information content (AvgIpc) is 3.17. The van der Waals surface area contributed by atoms with E-state index in [4.69, 9.17) is 0 Å². The number of carbonyl (C=O) groups is 1. The van der Waals surface area contributed by atoms with Crippen LogP contribution in [0.1, 0.15) is 24.4 Å². The molecule has 4 rings (SSSR count). The van der Waals surface area contributed by atoms with Crippen molar-refractivity contribution in [2.75, 3.05) is 44.2 Å². The first-order valence-electron chi connectivity index (χ1n) is 9.54. The van der Waals surface area contributed by atoms with E-state index in [0.29, 0.717) is 12.6 Å². The maximum absolute atomic E-state index is 12.8. The molecule has 0 bridgehead atoms. The highest BCUT2D eigenvalue weighted by molar-refractivity contribution is 5.78. The Kier molecular flexibility index (Phi) is 5.16. The number of hydrogen-bond donors (Lipinski definition) is 0. The second-order valence-corrected chi connectivity index (χ2v) is 7.09. The van der Waals surface area contributed by atoms with E-state index in [0.717, 1.165) is 45.0 Å². The number of likely N-dealkylation sites (tertiary alicyclic amines) is 1. The van der Waals surface area contributed by atoms with Gasteiger partial charge in [-0.3, -0.25) is 9.69 Å². The Hall–Kier alpha value is -2.40. The maximum Gasteiger partial charge on any atom is 0.236 e. The van der Waals surface area contributed by atoms with Crippen molar-refractivity contribution in [3.8, 4) is 0 Å². The molecular weight excluding hydrogens is 324 g/mol. The lowest BCUT2D eigenvalue weighted by molar-refractivity contribution is -0.133. The summed E-state index contributed by atoms with van der Waals surface area (Å²) in [5, 5.41) is 0. The molecule has 1 atom stereocenters. The van der Waals surface area contributed by atoms with Crippen LogP contribution in [0.2, 0.25) is 0 Å². The zero-order chi connectivity index (χ0) is 17.8. The molecule has 2 aromatic rings. The van der Waals surface area contributed by atoms with E-state index in [1.165, 1.54) is 12.0 Å². The SMILES string of the molecule is O=C(CN1CCCC1c1ccccc1)N1CCN(c2ccccn2)CC1. The van der Waals surface area contributed by atoms with Gasteiger partial charge in [-0.25, -0.2) is 4.98 Å². The Morgan fingerprint density at radius 3 is 2.46 bits per heavy atom. The van der Waals surface area contributed by atoms with Crippen LogP contribution >= 0.6 is 0 Å². The number of aromatic nitrogens is 1. The van der Waals surface area contributed by atoms with Gasteiger partial charge in [0, 0.05) is 38.4 Å². The Balaban J connectivity index is 1.33. The molecule has 3 heterocycles. The number of rotatable bonds is 4. The molecule has 1 amide bonds. The van der Waals surface area contributed by atoms with Gasteiger partial charge in [0.1, 0.15) is 5.82 Å². The molecule has 26 heavy (non-hydrogen) atoms. The highest BCUT2D eigenvalue weighted by Gasteiger charge is 2.30. The van der Waals surface area contributed by atoms with Gasteiger partial charge in [-0.1, -0.05) is 36.4 Å². The summed E-state index contributed by atoms with van der Waals surface area (Å²) in [6, 6.07) is 16.9. The maximum atomic E-state index is 12.8. The summed E-state index contributed by atoms with van der Waals surface area (Å²) in [5.74, 6) is 1.26. The van der Waals surface area contributed by atoms with Gasteiger partial charge in [0.05, 0.1) is 6.54 Å². The van der Waals surface area contributed by atoms with Crippen LogP contribution in [0, 0.1) is 0 Å². The molecular formula is C21H26N4O. The van der Waals surface area contributed by atoms with E-state index in [-0.39, 0.29) is 5.91 Å². The van der Waals surface area contributed by atoms with Crippen LogP contribution in [-0.4, -0.2) is 60.0 Å². The minimum Gasteiger partial charge on any atom is -0.353 e. The van der Waals surface area contributed by atoms with Crippen LogP contribution in [0.15, 0.2) is 54.7 Å². The first kappa shape index (κ1) is 17.0. The molecule has 136 valence electrons. The summed E-state index contributed by atoms with van der Waals surface area (Å²) in [6.45, 7) is 4.80. The van der Waals surface area contributed by atoms with Gasteiger partial charge in [0.25, 0.3) is 0 Å². The summed E-state index contributed by atoms with van der Waals surface area (Å²) in [4.78, 5) is 23.9. The van der Waals surface area contributed by atoms with Crippen molar-refractivity contribution in [2.24, 2.45) is 0 Å². The minimum atomic E-state index is 0.258. The Morgan fingerprint density at radius 1 is 0.962 bits per heavy atom. The molecule has 1 aromatic carbocycles. The van der Waals surface area contributed by atoms with Crippen LogP contribution < -0.4 is 4.90 Å². The van der Waals surface area contributed by atoms with E-state index in [1.807, 2.05) is 29.3 Å². The largest absolute Gasteiger partial charge is 0.353 e. The fourth-order valence-corrected chi connectivity index (χ4v) is 4.07. The lowest BCUT2D eigenvalue weighted by Crippen LogP contribution is -2.51. The Morgan fingerprint density at radius 2 is 1.73 bits per heavy atom. The number of anilines is 1. The molecule has 0 N–H and O–H groups in total. The van der Waals surface area contributed by atoms with E-state index >= 15 is 0 Å². The van der Waals surface area contributed by atoms with Gasteiger partial charge in [-0.15, -0.1) is 0 Å². The normalized spacial score (nSPS) is 21.2. The summed E-state index contributed by atoms with van der Waals surface area (Å²) < 4.78 is 0. The first-order valence-corrected chi connectivity index (χ1v) is 9.54. The third-order valence-electron chi connectivity index (χ3n) is 5.49. The molecule has 2 saturated heterocycles. The molecule has 2 fully saturated rings. The summed E-state index contributed by atoms with van der Waals surface area (Å²) in [7, 11) is 0. The third-order valence-corrected chi connectivity index (χ3v) is 5.49. The van der Waals surface area contributed by atoms with Crippen molar-refractivity contribution in [1.82, 2.24) is 14.8 Å². The number of hydrogen-bond acceptors (Lipinski definition) is 4. The molecule has 0 radical (unpaired) electrons. The lowest BCUT2D eigenvalue weighted by atomic mass is 10.0. The summed E-state index contributed by atoms with van der Waals surface area (Å²) in [5.41, 5.74) is 1.33. The quantitative estimate of drug-likeness (QED) is 0.850. The second-order valence-electron chi connectivity index (χ2n) is 7.09. The molecule has 1 unspecified atom stereocenters. The minimum absolute atomic E-state index is 0.258. The molecule has 2 aliphatic rings. The molecule has 0 spiro atoms. The average molecular weight is 350 g/mol. The van der Waals surface area contributed by atoms with Gasteiger partial charge < -0.3 is 9.80 Å². The smallest absolute Gasteiger partial charge is 0.236 e. The van der Waals surface area contributed by atoms with Crippen molar-refractivity contribution >= 4 is 11.7 Å². The van der Waals surface area contributed by atoms with E-state index in [1.54, 1.807) is 0 Å². The highest BCUT2D eigenvalue weighted by Crippen LogP contribution is 2.31. The fourth-order valence-electron chi connectivity index (χ4n) is 4.07. The van der Waals surface area contributed by atoms with Gasteiger partial charge in [0.15, 0.2) is 0 Å². The fraction of sp³-hybridized carbons (Fsp3) is 0.429. The Bertz CT molecular complexity index is 713. The number of carbonyl (C=O) groups excluding carboxylic acids is 1. The van der Waals surface area contributed by atoms with Crippen molar-refractivity contribution < 1.29 is 4.79 Å². The van der Waals surface area contributed by atoms with Crippen LogP contribution in [0.3, 0.4) is 0 Å². The monoisotopic (exact) mass is 350 g/mol. The highest BCUT2D eigenvalue weighted by atomic mass is 16.2. The van der Waals surface area contributed by atoms with E-state index in [2.05, 4.69) is 45.1 Å². The number of benzene rings is 1. The standard InChI is InChI=1S/C21H26N4O/c26-21(17-25-12-6-9-19(25)18-7-2-1-3-8-18)24-15-13-23(14-16-24)20-10-4-5-11-22-20/h1-5,7-8,10-11,19H,6,9,12-17H2. The third kappa shape index (κ3) is 3.73. The molecule has 1 aromatic heterocycles. The molecule has 5 nitrogen and oxygen atoms in total. The summed E-state index contributed by atoms with van der Waals surface area (Å²) >= 11 is 0. The van der Waals surface area contributed by atoms with Gasteiger partial charge in [-0.05, 0) is 37.1 Å². The van der Waals surface area contributed by atoms with Gasteiger partial charge in [0.2, 0.25) is 5.91 Å². The van der Waals surface area contributed by atoms with Crippen molar-refractivity contribution in [2.45, 2.75) is 18.9 Å². The van der Waals surface area contributed by atoms with Crippen LogP contribution in [0.5, 0.6) is 0 Å². The number of nitrogens with zero attached hydrogens (tertiary/aromatic N) is 4. The van der Waals surface area contributed by atoms with Crippen molar-refractivity contribution in [1.29, 1.82) is 0 Å². The lowest BCUT2D eigenvalue weighted by Gasteiger charge is -2.36. The number of piperazine rings is 1.